The summed E-state index contributed by atoms with van der Waals surface area (Å²) in [4.78, 5) is 28.4. The third-order valence-electron chi connectivity index (χ3n) is 5.78. The van der Waals surface area contributed by atoms with Crippen molar-refractivity contribution in [2.75, 3.05) is 17.1 Å². The number of nitrogens with zero attached hydrogens (tertiary/aromatic N) is 2. The van der Waals surface area contributed by atoms with E-state index in [0.29, 0.717) is 12.1 Å². The predicted octanol–water partition coefficient (Wildman–Crippen LogP) is 4.10. The van der Waals surface area contributed by atoms with Gasteiger partial charge in [0.2, 0.25) is 21.8 Å². The van der Waals surface area contributed by atoms with Crippen molar-refractivity contribution in [3.63, 3.8) is 0 Å². The second-order valence-electron chi connectivity index (χ2n) is 10.2. The molecule has 1 N–H and O–H groups in total. The molecule has 0 radical (unpaired) electrons. The summed E-state index contributed by atoms with van der Waals surface area (Å²) in [7, 11) is -3.75. The fourth-order valence-electron chi connectivity index (χ4n) is 3.87. The van der Waals surface area contributed by atoms with Gasteiger partial charge in [-0.1, -0.05) is 42.8 Å². The van der Waals surface area contributed by atoms with Crippen LogP contribution < -0.4 is 9.62 Å². The summed E-state index contributed by atoms with van der Waals surface area (Å²) in [5, 5.41) is 2.97. The lowest BCUT2D eigenvalue weighted by molar-refractivity contribution is -0.141. The van der Waals surface area contributed by atoms with Gasteiger partial charge in [0.1, 0.15) is 12.6 Å². The fourth-order valence-corrected chi connectivity index (χ4v) is 4.72. The molecule has 0 heterocycles. The number of carbonyl (C=O) groups is 2. The number of hydrogen-bond acceptors (Lipinski definition) is 4. The molecule has 1 unspecified atom stereocenters. The van der Waals surface area contributed by atoms with E-state index in [4.69, 9.17) is 0 Å². The highest BCUT2D eigenvalue weighted by molar-refractivity contribution is 7.92. The number of anilines is 1. The normalized spacial score (nSPS) is 12.7. The number of carbonyl (C=O) groups excluding carboxylic acids is 2. The molecule has 35 heavy (non-hydrogen) atoms. The van der Waals surface area contributed by atoms with Crippen molar-refractivity contribution in [3.8, 4) is 0 Å². The molecule has 0 aromatic heterocycles. The molecule has 2 aromatic rings. The van der Waals surface area contributed by atoms with E-state index in [1.807, 2.05) is 78.8 Å². The molecule has 0 fully saturated rings. The van der Waals surface area contributed by atoms with Crippen molar-refractivity contribution in [1.82, 2.24) is 10.2 Å². The molecular weight excluding hydrogens is 462 g/mol. The summed E-state index contributed by atoms with van der Waals surface area (Å²) in [5.74, 6) is -0.704. The van der Waals surface area contributed by atoms with Gasteiger partial charge in [-0.2, -0.15) is 0 Å². The first-order valence-corrected chi connectivity index (χ1v) is 13.7. The first-order chi connectivity index (χ1) is 16.1. The van der Waals surface area contributed by atoms with Crippen molar-refractivity contribution in [2.45, 2.75) is 73.0 Å². The van der Waals surface area contributed by atoms with Crippen LogP contribution in [0.15, 0.2) is 42.5 Å². The third kappa shape index (κ3) is 8.09. The van der Waals surface area contributed by atoms with Gasteiger partial charge in [0, 0.05) is 12.1 Å². The van der Waals surface area contributed by atoms with Crippen LogP contribution in [-0.4, -0.2) is 49.5 Å². The van der Waals surface area contributed by atoms with Gasteiger partial charge in [0.05, 0.1) is 11.9 Å². The minimum absolute atomic E-state index is 0.196. The van der Waals surface area contributed by atoms with Gasteiger partial charge in [0.25, 0.3) is 0 Å². The largest absolute Gasteiger partial charge is 0.350 e. The molecular formula is C27H39N3O4S. The van der Waals surface area contributed by atoms with Gasteiger partial charge in [-0.15, -0.1) is 0 Å². The van der Waals surface area contributed by atoms with E-state index in [9.17, 15) is 18.0 Å². The second-order valence-corrected chi connectivity index (χ2v) is 12.1. The maximum absolute atomic E-state index is 13.7. The lowest BCUT2D eigenvalue weighted by Gasteiger charge is -2.34. The minimum atomic E-state index is -3.75. The van der Waals surface area contributed by atoms with Gasteiger partial charge >= 0.3 is 0 Å². The lowest BCUT2D eigenvalue weighted by Crippen LogP contribution is -2.55. The van der Waals surface area contributed by atoms with Crippen LogP contribution in [0, 0.1) is 20.8 Å². The third-order valence-corrected chi connectivity index (χ3v) is 6.92. The zero-order chi connectivity index (χ0) is 26.6. The molecule has 0 saturated carbocycles. The van der Waals surface area contributed by atoms with Crippen molar-refractivity contribution < 1.29 is 18.0 Å². The quantitative estimate of drug-likeness (QED) is 0.560. The Labute approximate surface area is 210 Å². The van der Waals surface area contributed by atoms with E-state index in [-0.39, 0.29) is 12.5 Å². The lowest BCUT2D eigenvalue weighted by atomic mass is 10.0. The van der Waals surface area contributed by atoms with E-state index in [1.165, 1.54) is 4.90 Å². The van der Waals surface area contributed by atoms with Crippen LogP contribution in [0.3, 0.4) is 0 Å². The molecule has 0 spiro atoms. The highest BCUT2D eigenvalue weighted by atomic mass is 32.2. The maximum atomic E-state index is 13.7. The van der Waals surface area contributed by atoms with Crippen LogP contribution in [-0.2, 0) is 26.2 Å². The molecule has 2 aromatic carbocycles. The smallest absolute Gasteiger partial charge is 0.244 e. The zero-order valence-corrected chi connectivity index (χ0v) is 23.0. The number of aryl methyl sites for hydroxylation is 3. The molecule has 1 atom stereocenters. The Balaban J connectivity index is 2.48. The predicted molar refractivity (Wildman–Crippen MR) is 142 cm³/mol. The molecule has 2 rings (SSSR count). The fraction of sp³-hybridized carbons (Fsp3) is 0.481. The van der Waals surface area contributed by atoms with Crippen LogP contribution in [0.5, 0.6) is 0 Å². The van der Waals surface area contributed by atoms with E-state index in [1.54, 1.807) is 12.1 Å². The Bertz CT molecular complexity index is 1170. The van der Waals surface area contributed by atoms with Crippen molar-refractivity contribution >= 4 is 27.5 Å². The SMILES string of the molecule is CCC(C(=O)NC(C)(C)C)N(Cc1cccc(C)c1)C(=O)CN(c1ccc(C)c(C)c1)S(C)(=O)=O. The van der Waals surface area contributed by atoms with Crippen molar-refractivity contribution in [3.05, 3.63) is 64.7 Å². The number of nitrogens with one attached hydrogen (secondary N) is 1. The average molecular weight is 502 g/mol. The van der Waals surface area contributed by atoms with Crippen LogP contribution in [0.1, 0.15) is 56.4 Å². The maximum Gasteiger partial charge on any atom is 0.244 e. The average Bonchev–Trinajstić information content (AvgIpc) is 2.71. The topological polar surface area (TPSA) is 86.8 Å². The molecule has 0 bridgehead atoms. The van der Waals surface area contributed by atoms with E-state index >= 15 is 0 Å². The summed E-state index contributed by atoms with van der Waals surface area (Å²) in [6.07, 6.45) is 1.48. The number of amides is 2. The Morgan fingerprint density at radius 2 is 1.66 bits per heavy atom. The number of benzene rings is 2. The minimum Gasteiger partial charge on any atom is -0.350 e. The zero-order valence-electron chi connectivity index (χ0n) is 22.2. The molecule has 192 valence electrons. The van der Waals surface area contributed by atoms with Crippen LogP contribution in [0.2, 0.25) is 0 Å². The Morgan fingerprint density at radius 1 is 1.00 bits per heavy atom. The number of hydrogen-bond donors (Lipinski definition) is 1. The first kappa shape index (κ1) is 28.4. The monoisotopic (exact) mass is 501 g/mol. The molecule has 0 aliphatic carbocycles. The van der Waals surface area contributed by atoms with Crippen molar-refractivity contribution in [1.29, 1.82) is 0 Å². The highest BCUT2D eigenvalue weighted by Gasteiger charge is 2.33. The van der Waals surface area contributed by atoms with Gasteiger partial charge in [-0.05, 0) is 76.8 Å². The van der Waals surface area contributed by atoms with Crippen molar-refractivity contribution in [2.24, 2.45) is 0 Å². The van der Waals surface area contributed by atoms with Gasteiger partial charge < -0.3 is 10.2 Å². The molecule has 0 aliphatic heterocycles. The summed E-state index contributed by atoms with van der Waals surface area (Å²) in [6, 6.07) is 12.3. The summed E-state index contributed by atoms with van der Waals surface area (Å²) >= 11 is 0. The van der Waals surface area contributed by atoms with E-state index in [0.717, 1.165) is 32.8 Å². The summed E-state index contributed by atoms with van der Waals surface area (Å²) < 4.78 is 26.6. The standard InChI is InChI=1S/C27H39N3O4S/c1-9-24(26(32)28-27(5,6)7)29(17-22-12-10-11-19(2)15-22)25(31)18-30(35(8,33)34)23-14-13-20(3)21(4)16-23/h10-16,24H,9,17-18H2,1-8H3,(H,28,32). The Morgan fingerprint density at radius 3 is 2.17 bits per heavy atom. The number of sulfonamides is 1. The number of rotatable bonds is 9. The Kier molecular flexibility index (Phi) is 9.11. The van der Waals surface area contributed by atoms with Gasteiger partial charge in [0.15, 0.2) is 0 Å². The molecule has 0 saturated heterocycles. The summed E-state index contributed by atoms with van der Waals surface area (Å²) in [6.45, 7) is 13.1. The highest BCUT2D eigenvalue weighted by Crippen LogP contribution is 2.23. The van der Waals surface area contributed by atoms with Gasteiger partial charge in [-0.3, -0.25) is 13.9 Å². The Hall–Kier alpha value is -2.87. The van der Waals surface area contributed by atoms with Crippen LogP contribution in [0.4, 0.5) is 5.69 Å². The molecule has 7 nitrogen and oxygen atoms in total. The molecule has 2 amide bonds. The van der Waals surface area contributed by atoms with Crippen LogP contribution >= 0.6 is 0 Å². The molecule has 0 aliphatic rings. The van der Waals surface area contributed by atoms with E-state index in [2.05, 4.69) is 5.32 Å². The molecule has 8 heteroatoms. The second kappa shape index (κ2) is 11.2. The van der Waals surface area contributed by atoms with E-state index < -0.39 is 34.1 Å². The van der Waals surface area contributed by atoms with Crippen LogP contribution in [0.25, 0.3) is 0 Å². The van der Waals surface area contributed by atoms with Gasteiger partial charge in [-0.25, -0.2) is 8.42 Å². The summed E-state index contributed by atoms with van der Waals surface area (Å²) in [5.41, 5.74) is 3.82. The first-order valence-electron chi connectivity index (χ1n) is 11.8.